The van der Waals surface area contributed by atoms with Gasteiger partial charge in [-0.1, -0.05) is 41.0 Å². The van der Waals surface area contributed by atoms with Crippen molar-refractivity contribution in [3.8, 4) is 0 Å². The van der Waals surface area contributed by atoms with Gasteiger partial charge in [0.2, 0.25) is 5.91 Å². The highest BCUT2D eigenvalue weighted by Crippen LogP contribution is 2.28. The summed E-state index contributed by atoms with van der Waals surface area (Å²) in [6.07, 6.45) is 2.36. The number of rotatable bonds is 1. The van der Waals surface area contributed by atoms with E-state index in [-0.39, 0.29) is 5.41 Å². The van der Waals surface area contributed by atoms with Crippen molar-refractivity contribution in [2.24, 2.45) is 17.3 Å². The molecule has 88 valence electrons. The maximum absolute atomic E-state index is 12.1. The molecule has 1 rings (SSSR count). The highest BCUT2D eigenvalue weighted by Gasteiger charge is 2.32. The molecule has 1 aliphatic heterocycles. The summed E-state index contributed by atoms with van der Waals surface area (Å²) in [7, 11) is 0. The fraction of sp³-hybridized carbons (Fsp3) is 0.923. The lowest BCUT2D eigenvalue weighted by Gasteiger charge is -2.39. The van der Waals surface area contributed by atoms with Crippen molar-refractivity contribution in [2.75, 3.05) is 13.1 Å². The van der Waals surface area contributed by atoms with Crippen molar-refractivity contribution in [1.82, 2.24) is 4.90 Å². The minimum Gasteiger partial charge on any atom is -0.342 e. The average molecular weight is 211 g/mol. The average Bonchev–Trinajstić information content (AvgIpc) is 2.16. The first-order valence-electron chi connectivity index (χ1n) is 6.15. The van der Waals surface area contributed by atoms with Crippen molar-refractivity contribution < 1.29 is 4.79 Å². The van der Waals surface area contributed by atoms with Gasteiger partial charge in [0.1, 0.15) is 0 Å². The highest BCUT2D eigenvalue weighted by atomic mass is 16.2. The Morgan fingerprint density at radius 3 is 2.47 bits per heavy atom. The van der Waals surface area contributed by atoms with Gasteiger partial charge in [0, 0.05) is 18.5 Å². The molecule has 2 nitrogen and oxygen atoms in total. The fourth-order valence-electron chi connectivity index (χ4n) is 2.34. The molecule has 1 aliphatic rings. The van der Waals surface area contributed by atoms with E-state index in [9.17, 15) is 4.79 Å². The van der Waals surface area contributed by atoms with Crippen LogP contribution in [0.2, 0.25) is 0 Å². The molecular weight excluding hydrogens is 186 g/mol. The van der Waals surface area contributed by atoms with Gasteiger partial charge in [0.05, 0.1) is 0 Å². The Hall–Kier alpha value is -0.530. The Bertz CT molecular complexity index is 229. The fourth-order valence-corrected chi connectivity index (χ4v) is 2.34. The van der Waals surface area contributed by atoms with Gasteiger partial charge in [-0.2, -0.15) is 0 Å². The standard InChI is InChI=1S/C13H25NO/c1-6-11-9-14(8-7-10(11)2)12(15)13(3,4)5/h10-11H,6-9H2,1-5H3/t10-,11+/m1/s1. The molecule has 0 saturated carbocycles. The minimum absolute atomic E-state index is 0.223. The van der Waals surface area contributed by atoms with Crippen LogP contribution >= 0.6 is 0 Å². The summed E-state index contributed by atoms with van der Waals surface area (Å²) < 4.78 is 0. The number of carbonyl (C=O) groups excluding carboxylic acids is 1. The summed E-state index contributed by atoms with van der Waals surface area (Å²) in [5.74, 6) is 1.79. The molecule has 0 unspecified atom stereocenters. The number of nitrogens with zero attached hydrogens (tertiary/aromatic N) is 1. The van der Waals surface area contributed by atoms with Crippen molar-refractivity contribution in [1.29, 1.82) is 0 Å². The van der Waals surface area contributed by atoms with E-state index in [4.69, 9.17) is 0 Å². The van der Waals surface area contributed by atoms with E-state index >= 15 is 0 Å². The van der Waals surface area contributed by atoms with E-state index in [1.807, 2.05) is 20.8 Å². The molecule has 0 N–H and O–H groups in total. The summed E-state index contributed by atoms with van der Waals surface area (Å²) in [6, 6.07) is 0. The van der Waals surface area contributed by atoms with Crippen molar-refractivity contribution in [3.05, 3.63) is 0 Å². The van der Waals surface area contributed by atoms with Crippen LogP contribution in [0.15, 0.2) is 0 Å². The molecule has 2 atom stereocenters. The highest BCUT2D eigenvalue weighted by molar-refractivity contribution is 5.81. The topological polar surface area (TPSA) is 20.3 Å². The molecule has 1 saturated heterocycles. The van der Waals surface area contributed by atoms with E-state index < -0.39 is 0 Å². The van der Waals surface area contributed by atoms with Gasteiger partial charge >= 0.3 is 0 Å². The summed E-state index contributed by atoms with van der Waals surface area (Å²) >= 11 is 0. The van der Waals surface area contributed by atoms with E-state index in [2.05, 4.69) is 18.7 Å². The molecule has 0 bridgehead atoms. The molecule has 2 heteroatoms. The molecule has 15 heavy (non-hydrogen) atoms. The van der Waals surface area contributed by atoms with Crippen molar-refractivity contribution >= 4 is 5.91 Å². The first-order valence-corrected chi connectivity index (χ1v) is 6.15. The van der Waals surface area contributed by atoms with Gasteiger partial charge in [-0.05, 0) is 18.3 Å². The molecule has 1 fully saturated rings. The van der Waals surface area contributed by atoms with Crippen LogP contribution in [0.3, 0.4) is 0 Å². The maximum Gasteiger partial charge on any atom is 0.227 e. The third-order valence-corrected chi connectivity index (χ3v) is 3.57. The van der Waals surface area contributed by atoms with E-state index in [1.54, 1.807) is 0 Å². The van der Waals surface area contributed by atoms with E-state index in [1.165, 1.54) is 12.8 Å². The normalized spacial score (nSPS) is 27.9. The van der Waals surface area contributed by atoms with Gasteiger partial charge in [-0.15, -0.1) is 0 Å². The van der Waals surface area contributed by atoms with Crippen molar-refractivity contribution in [3.63, 3.8) is 0 Å². The third kappa shape index (κ3) is 2.96. The first-order chi connectivity index (χ1) is 6.86. The minimum atomic E-state index is -0.223. The van der Waals surface area contributed by atoms with Crippen LogP contribution in [-0.2, 0) is 4.79 Å². The number of hydrogen-bond acceptors (Lipinski definition) is 1. The molecule has 0 spiro atoms. The lowest BCUT2D eigenvalue weighted by Crippen LogP contribution is -2.47. The quantitative estimate of drug-likeness (QED) is 0.653. The molecule has 1 heterocycles. The molecule has 0 aliphatic carbocycles. The molecular formula is C13H25NO. The molecule has 0 aromatic carbocycles. The monoisotopic (exact) mass is 211 g/mol. The van der Waals surface area contributed by atoms with Crippen LogP contribution in [0, 0.1) is 17.3 Å². The van der Waals surface area contributed by atoms with Crippen LogP contribution in [0.25, 0.3) is 0 Å². The first kappa shape index (κ1) is 12.5. The second-order valence-electron chi connectivity index (χ2n) is 5.94. The number of amides is 1. The Balaban J connectivity index is 2.62. The third-order valence-electron chi connectivity index (χ3n) is 3.57. The Morgan fingerprint density at radius 2 is 2.00 bits per heavy atom. The van der Waals surface area contributed by atoms with Crippen LogP contribution < -0.4 is 0 Å². The number of piperidine rings is 1. The number of hydrogen-bond donors (Lipinski definition) is 0. The predicted octanol–water partition coefficient (Wildman–Crippen LogP) is 2.93. The largest absolute Gasteiger partial charge is 0.342 e. The predicted molar refractivity (Wildman–Crippen MR) is 63.6 cm³/mol. The SMILES string of the molecule is CC[C@H]1CN(C(=O)C(C)(C)C)CC[C@H]1C. The number of carbonyl (C=O) groups is 1. The summed E-state index contributed by atoms with van der Waals surface area (Å²) in [5.41, 5.74) is -0.223. The lowest BCUT2D eigenvalue weighted by atomic mass is 9.83. The smallest absolute Gasteiger partial charge is 0.227 e. The summed E-state index contributed by atoms with van der Waals surface area (Å²) in [5, 5.41) is 0. The zero-order chi connectivity index (χ0) is 11.6. The zero-order valence-corrected chi connectivity index (χ0v) is 10.8. The van der Waals surface area contributed by atoms with Crippen molar-refractivity contribution in [2.45, 2.75) is 47.5 Å². The Labute approximate surface area is 94.0 Å². The van der Waals surface area contributed by atoms with E-state index in [0.29, 0.717) is 11.8 Å². The van der Waals surface area contributed by atoms with Gasteiger partial charge in [-0.3, -0.25) is 4.79 Å². The zero-order valence-electron chi connectivity index (χ0n) is 10.8. The molecule has 0 aromatic rings. The Kier molecular flexibility index (Phi) is 3.80. The number of likely N-dealkylation sites (tertiary alicyclic amines) is 1. The van der Waals surface area contributed by atoms with Crippen LogP contribution in [-0.4, -0.2) is 23.9 Å². The van der Waals surface area contributed by atoms with Gasteiger partial charge in [0.15, 0.2) is 0 Å². The summed E-state index contributed by atoms with van der Waals surface area (Å²) in [6.45, 7) is 12.5. The van der Waals surface area contributed by atoms with Gasteiger partial charge in [0.25, 0.3) is 0 Å². The van der Waals surface area contributed by atoms with Gasteiger partial charge < -0.3 is 4.90 Å². The second-order valence-corrected chi connectivity index (χ2v) is 5.94. The molecule has 0 aromatic heterocycles. The Morgan fingerprint density at radius 1 is 1.40 bits per heavy atom. The van der Waals surface area contributed by atoms with Crippen LogP contribution in [0.4, 0.5) is 0 Å². The molecule has 0 radical (unpaired) electrons. The van der Waals surface area contributed by atoms with E-state index in [0.717, 1.165) is 19.0 Å². The summed E-state index contributed by atoms with van der Waals surface area (Å²) in [4.78, 5) is 14.2. The second kappa shape index (κ2) is 4.54. The molecule has 1 amide bonds. The van der Waals surface area contributed by atoms with Crippen LogP contribution in [0.5, 0.6) is 0 Å². The van der Waals surface area contributed by atoms with Crippen LogP contribution in [0.1, 0.15) is 47.5 Å². The lowest BCUT2D eigenvalue weighted by molar-refractivity contribution is -0.142. The maximum atomic E-state index is 12.1. The van der Waals surface area contributed by atoms with Gasteiger partial charge in [-0.25, -0.2) is 0 Å².